The highest BCUT2D eigenvalue weighted by atomic mass is 32.2. The summed E-state index contributed by atoms with van der Waals surface area (Å²) in [6.45, 7) is 1.82. The van der Waals surface area contributed by atoms with Gasteiger partial charge in [0.2, 0.25) is 0 Å². The summed E-state index contributed by atoms with van der Waals surface area (Å²) in [6.07, 6.45) is -3.59. The Morgan fingerprint density at radius 1 is 1.30 bits per heavy atom. The van der Waals surface area contributed by atoms with Crippen LogP contribution in [0.4, 0.5) is 0 Å². The molecule has 1 saturated heterocycles. The van der Waals surface area contributed by atoms with Gasteiger partial charge in [-0.05, 0) is 5.56 Å². The highest BCUT2D eigenvalue weighted by molar-refractivity contribution is 7.92. The van der Waals surface area contributed by atoms with Crippen LogP contribution in [0.1, 0.15) is 18.6 Å². The van der Waals surface area contributed by atoms with E-state index in [0.29, 0.717) is 17.8 Å². The number of rotatable bonds is 7. The first-order valence-corrected chi connectivity index (χ1v) is 7.83. The topological polar surface area (TPSA) is 110 Å². The summed E-state index contributed by atoms with van der Waals surface area (Å²) in [7, 11) is 1.49. The number of methoxy groups -OCH3 is 1. The molecule has 8 nitrogen and oxygen atoms in total. The van der Waals surface area contributed by atoms with E-state index in [1.54, 1.807) is 24.3 Å². The van der Waals surface area contributed by atoms with Gasteiger partial charge in [-0.15, -0.1) is 4.33 Å². The van der Waals surface area contributed by atoms with Crippen molar-refractivity contribution in [2.24, 2.45) is 5.92 Å². The Balaban J connectivity index is 2.14. The average Bonchev–Trinajstić information content (AvgIpc) is 2.58. The van der Waals surface area contributed by atoms with Crippen LogP contribution in [0.5, 0.6) is 0 Å². The van der Waals surface area contributed by atoms with Crippen LogP contribution < -0.4 is 4.72 Å². The molecule has 6 atom stereocenters. The molecule has 1 fully saturated rings. The van der Waals surface area contributed by atoms with E-state index in [-0.39, 0.29) is 5.92 Å². The summed E-state index contributed by atoms with van der Waals surface area (Å²) in [4.78, 5) is 0. The summed E-state index contributed by atoms with van der Waals surface area (Å²) >= 11 is 0.614. The fourth-order valence-electron chi connectivity index (χ4n) is 2.68. The van der Waals surface area contributed by atoms with Crippen LogP contribution >= 0.6 is 12.2 Å². The molecule has 1 aliphatic heterocycles. The van der Waals surface area contributed by atoms with Crippen LogP contribution in [0, 0.1) is 5.92 Å². The molecule has 1 aromatic carbocycles. The molecule has 130 valence electrons. The van der Waals surface area contributed by atoms with Gasteiger partial charge in [-0.1, -0.05) is 42.3 Å². The molecular formula is C14H21NO7S. The first-order valence-electron chi connectivity index (χ1n) is 7.08. The van der Waals surface area contributed by atoms with Crippen LogP contribution in [-0.4, -0.2) is 47.1 Å². The van der Waals surface area contributed by atoms with Crippen LogP contribution in [0.25, 0.3) is 0 Å². The average molecular weight is 347 g/mol. The Bertz CT molecular complexity index is 466. The van der Waals surface area contributed by atoms with Crippen molar-refractivity contribution in [3.05, 3.63) is 35.9 Å². The lowest BCUT2D eigenvalue weighted by Crippen LogP contribution is -2.59. The summed E-state index contributed by atoms with van der Waals surface area (Å²) in [5.41, 5.74) is 0.627. The van der Waals surface area contributed by atoms with Crippen molar-refractivity contribution in [3.8, 4) is 0 Å². The van der Waals surface area contributed by atoms with Gasteiger partial charge in [-0.2, -0.15) is 0 Å². The Hall–Kier alpha value is -0.750. The molecule has 2 rings (SSSR count). The minimum atomic E-state index is -1.04. The van der Waals surface area contributed by atoms with Crippen molar-refractivity contribution in [1.29, 1.82) is 0 Å². The molecule has 0 amide bonds. The fraction of sp³-hybridized carbons (Fsp3) is 0.571. The van der Waals surface area contributed by atoms with E-state index < -0.39 is 30.6 Å². The summed E-state index contributed by atoms with van der Waals surface area (Å²) in [6, 6.07) is 8.39. The van der Waals surface area contributed by atoms with E-state index in [1.165, 1.54) is 7.11 Å². The van der Waals surface area contributed by atoms with E-state index in [2.05, 4.69) is 14.1 Å². The molecule has 0 saturated carbocycles. The van der Waals surface area contributed by atoms with Gasteiger partial charge in [0.05, 0.1) is 12.1 Å². The number of hydrogen-bond donors (Lipinski definition) is 4. The normalized spacial score (nSPS) is 32.7. The first-order chi connectivity index (χ1) is 11.1. The molecule has 0 radical (unpaired) electrons. The Morgan fingerprint density at radius 2 is 2.00 bits per heavy atom. The highest BCUT2D eigenvalue weighted by Gasteiger charge is 2.46. The van der Waals surface area contributed by atoms with Crippen molar-refractivity contribution in [2.45, 2.75) is 37.6 Å². The molecule has 0 aliphatic carbocycles. The third kappa shape index (κ3) is 4.41. The largest absolute Gasteiger partial charge is 0.389 e. The molecule has 23 heavy (non-hydrogen) atoms. The lowest BCUT2D eigenvalue weighted by atomic mass is 9.86. The van der Waals surface area contributed by atoms with Crippen molar-refractivity contribution < 1.29 is 34.3 Å². The maximum absolute atomic E-state index is 10.6. The first kappa shape index (κ1) is 18.6. The van der Waals surface area contributed by atoms with Gasteiger partial charge in [-0.25, -0.2) is 9.98 Å². The molecule has 1 aromatic rings. The Labute approximate surface area is 138 Å². The molecule has 4 N–H and O–H groups in total. The lowest BCUT2D eigenvalue weighted by Gasteiger charge is -2.44. The third-order valence-corrected chi connectivity index (χ3v) is 4.42. The van der Waals surface area contributed by atoms with Crippen LogP contribution in [-0.2, 0) is 18.8 Å². The number of aliphatic hydroxyl groups is 2. The smallest absolute Gasteiger partial charge is 0.161 e. The van der Waals surface area contributed by atoms with E-state index in [9.17, 15) is 10.2 Å². The minimum Gasteiger partial charge on any atom is -0.389 e. The lowest BCUT2D eigenvalue weighted by molar-refractivity contribution is -0.432. The van der Waals surface area contributed by atoms with E-state index in [0.717, 1.165) is 0 Å². The third-order valence-electron chi connectivity index (χ3n) is 3.92. The van der Waals surface area contributed by atoms with Crippen molar-refractivity contribution in [3.63, 3.8) is 0 Å². The van der Waals surface area contributed by atoms with Crippen molar-refractivity contribution >= 4 is 12.2 Å². The zero-order chi connectivity index (χ0) is 16.8. The number of ether oxygens (including phenoxy) is 2. The molecule has 0 aromatic heterocycles. The second-order valence-corrected chi connectivity index (χ2v) is 5.82. The van der Waals surface area contributed by atoms with Crippen LogP contribution in [0.2, 0.25) is 0 Å². The number of nitrogens with one attached hydrogen (secondary N) is 1. The molecule has 0 spiro atoms. The number of hydrogen-bond acceptors (Lipinski definition) is 9. The van der Waals surface area contributed by atoms with Gasteiger partial charge < -0.3 is 19.7 Å². The summed E-state index contributed by atoms with van der Waals surface area (Å²) in [5.74, 6) is -0.246. The van der Waals surface area contributed by atoms with Gasteiger partial charge in [0.1, 0.15) is 24.4 Å². The van der Waals surface area contributed by atoms with Gasteiger partial charge in [0, 0.05) is 13.0 Å². The predicted molar refractivity (Wildman–Crippen MR) is 81.6 cm³/mol. The zero-order valence-electron chi connectivity index (χ0n) is 12.7. The molecule has 9 heteroatoms. The number of aliphatic hydroxyl groups excluding tert-OH is 2. The molecule has 1 aliphatic rings. The molecule has 0 bridgehead atoms. The molecular weight excluding hydrogens is 326 g/mol. The van der Waals surface area contributed by atoms with Crippen LogP contribution in [0.15, 0.2) is 30.3 Å². The molecule has 6 unspecified atom stereocenters. The van der Waals surface area contributed by atoms with E-state index in [1.807, 2.05) is 13.0 Å². The monoisotopic (exact) mass is 347 g/mol. The summed E-state index contributed by atoms with van der Waals surface area (Å²) in [5, 5.41) is 32.8. The maximum atomic E-state index is 10.6. The van der Waals surface area contributed by atoms with Gasteiger partial charge in [0.15, 0.2) is 6.29 Å². The Morgan fingerprint density at radius 3 is 2.61 bits per heavy atom. The van der Waals surface area contributed by atoms with Crippen LogP contribution in [0.3, 0.4) is 0 Å². The second-order valence-electron chi connectivity index (χ2n) is 5.28. The van der Waals surface area contributed by atoms with Gasteiger partial charge in [0.25, 0.3) is 0 Å². The minimum absolute atomic E-state index is 0.246. The van der Waals surface area contributed by atoms with Crippen molar-refractivity contribution in [1.82, 2.24) is 4.72 Å². The standard InChI is InChI=1S/C14H21NO7S/c1-8-10(15-23-22-21-18)12(17)13(20-14(8)19-2)11(16)9-6-4-3-5-7-9/h3-8,10-18H,1-2H3. The zero-order valence-corrected chi connectivity index (χ0v) is 13.6. The highest BCUT2D eigenvalue weighted by Crippen LogP contribution is 2.33. The van der Waals surface area contributed by atoms with Crippen molar-refractivity contribution in [2.75, 3.05) is 7.11 Å². The van der Waals surface area contributed by atoms with Gasteiger partial charge in [-0.3, -0.25) is 0 Å². The SMILES string of the molecule is COC1OC(C(O)c2ccccc2)C(O)C(NSOOO)C1C. The quantitative estimate of drug-likeness (QED) is 0.189. The second kappa shape index (κ2) is 8.92. The van der Waals surface area contributed by atoms with Gasteiger partial charge >= 0.3 is 0 Å². The maximum Gasteiger partial charge on any atom is 0.161 e. The van der Waals surface area contributed by atoms with E-state index in [4.69, 9.17) is 14.7 Å². The Kier molecular flexibility index (Phi) is 7.21. The fourth-order valence-corrected chi connectivity index (χ4v) is 3.22. The molecule has 1 heterocycles. The predicted octanol–water partition coefficient (Wildman–Crippen LogP) is 1.03. The van der Waals surface area contributed by atoms with E-state index >= 15 is 0 Å². The number of benzene rings is 1. The summed E-state index contributed by atoms with van der Waals surface area (Å²) < 4.78 is 18.1.